The molecule has 1 aliphatic heterocycles. The fourth-order valence-electron chi connectivity index (χ4n) is 8.02. The Balaban J connectivity index is 1.41. The number of carbonyl (C=O) groups excluding carboxylic acids is 1. The number of rotatable bonds is 6. The molecule has 5 fully saturated rings. The van der Waals surface area contributed by atoms with Gasteiger partial charge >= 0.3 is 0 Å². The van der Waals surface area contributed by atoms with Crippen molar-refractivity contribution in [2.45, 2.75) is 56.4 Å². The molecule has 4 bridgehead atoms. The molecule has 204 valence electrons. The molecule has 1 unspecified atom stereocenters. The minimum absolute atomic E-state index is 0.000308. The zero-order valence-corrected chi connectivity index (χ0v) is 23.2. The van der Waals surface area contributed by atoms with Crippen molar-refractivity contribution in [3.63, 3.8) is 0 Å². The molecule has 6 nitrogen and oxygen atoms in total. The second-order valence-electron chi connectivity index (χ2n) is 11.7. The zero-order valence-electron chi connectivity index (χ0n) is 21.6. The molecule has 4 aliphatic carbocycles. The number of halogens is 2. The average Bonchev–Trinajstić information content (AvgIpc) is 2.89. The maximum Gasteiger partial charge on any atom is 0.260 e. The van der Waals surface area contributed by atoms with E-state index in [9.17, 15) is 13.2 Å². The first-order chi connectivity index (χ1) is 18.2. The van der Waals surface area contributed by atoms with Crippen molar-refractivity contribution in [2.24, 2.45) is 23.2 Å². The van der Waals surface area contributed by atoms with Gasteiger partial charge < -0.3 is 9.64 Å². The number of sulfonamides is 1. The van der Waals surface area contributed by atoms with Crippen molar-refractivity contribution in [1.82, 2.24) is 4.31 Å². The minimum Gasteiger partial charge on any atom is -0.379 e. The molecule has 0 aromatic heterocycles. The van der Waals surface area contributed by atoms with Crippen LogP contribution < -0.4 is 4.90 Å². The van der Waals surface area contributed by atoms with E-state index in [-0.39, 0.29) is 48.3 Å². The second kappa shape index (κ2) is 9.88. The van der Waals surface area contributed by atoms with Crippen LogP contribution in [0.3, 0.4) is 0 Å². The topological polar surface area (TPSA) is 66.9 Å². The Bertz CT molecular complexity index is 1290. The monoisotopic (exact) mass is 560 g/mol. The molecule has 38 heavy (non-hydrogen) atoms. The number of anilines is 1. The summed E-state index contributed by atoms with van der Waals surface area (Å²) in [6.45, 7) is 2.87. The van der Waals surface area contributed by atoms with E-state index in [1.165, 1.54) is 23.6 Å². The van der Waals surface area contributed by atoms with Gasteiger partial charge in [0.05, 0.1) is 23.8 Å². The van der Waals surface area contributed by atoms with E-state index in [1.807, 2.05) is 30.3 Å². The predicted molar refractivity (Wildman–Crippen MR) is 144 cm³/mol. The fraction of sp³-hybridized carbons (Fsp3) is 0.552. The average molecular weight is 561 g/mol. The molecule has 1 heterocycles. The number of amides is 1. The summed E-state index contributed by atoms with van der Waals surface area (Å²) in [6.07, 6.45) is 7.17. The number of benzene rings is 2. The van der Waals surface area contributed by atoms with E-state index in [1.54, 1.807) is 4.90 Å². The highest BCUT2D eigenvalue weighted by Crippen LogP contribution is 2.62. The number of hydrogen-bond acceptors (Lipinski definition) is 4. The fourth-order valence-corrected chi connectivity index (χ4v) is 9.73. The molecule has 5 aliphatic rings. The summed E-state index contributed by atoms with van der Waals surface area (Å²) in [5.41, 5.74) is 0.745. The molecule has 0 N–H and O–H groups in total. The minimum atomic E-state index is -4.16. The number of morpholine rings is 1. The van der Waals surface area contributed by atoms with Crippen LogP contribution in [0.1, 0.15) is 55.8 Å². The first-order valence-electron chi connectivity index (χ1n) is 13.6. The molecule has 1 saturated heterocycles. The zero-order chi connectivity index (χ0) is 26.7. The van der Waals surface area contributed by atoms with Crippen molar-refractivity contribution in [3.05, 3.63) is 58.9 Å². The van der Waals surface area contributed by atoms with Gasteiger partial charge in [-0.2, -0.15) is 4.31 Å². The SMILES string of the molecule is CC(N(C(=O)c1cc(S(=O)(=O)N2CCOCC2)c(F)cc1Cl)c1ccccc1)C12CC3CC(CC(C3)C1)C2. The predicted octanol–water partition coefficient (Wildman–Crippen LogP) is 5.75. The molecule has 0 radical (unpaired) electrons. The molecule has 0 spiro atoms. The molecule has 2 aromatic rings. The maximum atomic E-state index is 15.1. The van der Waals surface area contributed by atoms with E-state index in [2.05, 4.69) is 6.92 Å². The van der Waals surface area contributed by atoms with Crippen LogP contribution in [0.2, 0.25) is 5.02 Å². The van der Waals surface area contributed by atoms with Gasteiger partial charge in [-0.1, -0.05) is 29.8 Å². The molecule has 4 saturated carbocycles. The summed E-state index contributed by atoms with van der Waals surface area (Å²) in [4.78, 5) is 15.6. The largest absolute Gasteiger partial charge is 0.379 e. The van der Waals surface area contributed by atoms with Gasteiger partial charge in [0.2, 0.25) is 10.0 Å². The van der Waals surface area contributed by atoms with Gasteiger partial charge in [0.1, 0.15) is 10.7 Å². The van der Waals surface area contributed by atoms with Crippen LogP contribution in [0.25, 0.3) is 0 Å². The van der Waals surface area contributed by atoms with E-state index < -0.39 is 26.6 Å². The van der Waals surface area contributed by atoms with Crippen LogP contribution >= 0.6 is 11.6 Å². The highest BCUT2D eigenvalue weighted by Gasteiger charge is 2.55. The number of hydrogen-bond donors (Lipinski definition) is 0. The van der Waals surface area contributed by atoms with Crippen LogP contribution in [0.5, 0.6) is 0 Å². The third-order valence-electron chi connectivity index (χ3n) is 9.45. The Morgan fingerprint density at radius 3 is 2.21 bits per heavy atom. The lowest BCUT2D eigenvalue weighted by atomic mass is 9.47. The summed E-state index contributed by atoms with van der Waals surface area (Å²) in [6, 6.07) is 11.5. The van der Waals surface area contributed by atoms with Gasteiger partial charge in [0.25, 0.3) is 5.91 Å². The summed E-state index contributed by atoms with van der Waals surface area (Å²) in [7, 11) is -4.16. The van der Waals surface area contributed by atoms with Gasteiger partial charge in [-0.3, -0.25) is 4.79 Å². The number of nitrogens with zero attached hydrogens (tertiary/aromatic N) is 2. The first-order valence-corrected chi connectivity index (χ1v) is 15.5. The smallest absolute Gasteiger partial charge is 0.260 e. The molecule has 7 rings (SSSR count). The van der Waals surface area contributed by atoms with E-state index in [4.69, 9.17) is 16.3 Å². The van der Waals surface area contributed by atoms with Gasteiger partial charge in [0, 0.05) is 24.8 Å². The normalized spacial score (nSPS) is 29.8. The van der Waals surface area contributed by atoms with Crippen molar-refractivity contribution in [2.75, 3.05) is 31.2 Å². The molecule has 1 amide bonds. The lowest BCUT2D eigenvalue weighted by molar-refractivity contribution is -0.0642. The summed E-state index contributed by atoms with van der Waals surface area (Å²) < 4.78 is 48.3. The maximum absolute atomic E-state index is 15.1. The number of para-hydroxylation sites is 1. The summed E-state index contributed by atoms with van der Waals surface area (Å²) in [5, 5.41) is -0.0907. The van der Waals surface area contributed by atoms with E-state index in [0.29, 0.717) is 17.8 Å². The van der Waals surface area contributed by atoms with Crippen LogP contribution in [0.4, 0.5) is 10.1 Å². The van der Waals surface area contributed by atoms with Crippen molar-refractivity contribution < 1.29 is 22.3 Å². The Labute approximate surface area is 229 Å². The third-order valence-corrected chi connectivity index (χ3v) is 11.7. The standard InChI is InChI=1S/C29H34ClFN2O4S/c1-19(29-16-20-11-21(17-29)13-22(12-20)18-29)33(23-5-3-2-4-6-23)28(34)24-14-27(26(31)15-25(24)30)38(35,36)32-7-9-37-10-8-32/h2-6,14-15,19-22H,7-13,16-18H2,1H3. The highest BCUT2D eigenvalue weighted by atomic mass is 35.5. The van der Waals surface area contributed by atoms with Crippen LogP contribution in [0, 0.1) is 29.0 Å². The van der Waals surface area contributed by atoms with Crippen LogP contribution in [0.15, 0.2) is 47.4 Å². The molecular formula is C29H34ClFN2O4S. The summed E-state index contributed by atoms with van der Waals surface area (Å²) in [5.74, 6) is 0.754. The Morgan fingerprint density at radius 1 is 1.05 bits per heavy atom. The lowest BCUT2D eigenvalue weighted by Gasteiger charge is -2.60. The highest BCUT2D eigenvalue weighted by molar-refractivity contribution is 7.89. The Hall–Kier alpha value is -2.00. The quantitative estimate of drug-likeness (QED) is 0.451. The van der Waals surface area contributed by atoms with E-state index in [0.717, 1.165) is 37.1 Å². The Kier molecular flexibility index (Phi) is 6.82. The van der Waals surface area contributed by atoms with Crippen LogP contribution in [-0.4, -0.2) is 51.0 Å². The van der Waals surface area contributed by atoms with Crippen molar-refractivity contribution in [1.29, 1.82) is 0 Å². The number of carbonyl (C=O) groups is 1. The number of ether oxygens (including phenoxy) is 1. The van der Waals surface area contributed by atoms with E-state index >= 15 is 4.39 Å². The molecular weight excluding hydrogens is 527 g/mol. The Morgan fingerprint density at radius 2 is 1.63 bits per heavy atom. The van der Waals surface area contributed by atoms with Crippen molar-refractivity contribution >= 4 is 33.2 Å². The molecule has 9 heteroatoms. The molecule has 1 atom stereocenters. The van der Waals surface area contributed by atoms with Crippen LogP contribution in [-0.2, 0) is 14.8 Å². The summed E-state index contributed by atoms with van der Waals surface area (Å²) >= 11 is 6.47. The third kappa shape index (κ3) is 4.47. The lowest BCUT2D eigenvalue weighted by Crippen LogP contribution is -2.57. The van der Waals surface area contributed by atoms with Gasteiger partial charge in [-0.25, -0.2) is 12.8 Å². The molecule has 2 aromatic carbocycles. The van der Waals surface area contributed by atoms with Gasteiger partial charge in [0.15, 0.2) is 0 Å². The van der Waals surface area contributed by atoms with Crippen molar-refractivity contribution in [3.8, 4) is 0 Å². The van der Waals surface area contributed by atoms with Gasteiger partial charge in [-0.05, 0) is 92.9 Å². The van der Waals surface area contributed by atoms with Gasteiger partial charge in [-0.15, -0.1) is 0 Å². The second-order valence-corrected chi connectivity index (χ2v) is 14.1. The first kappa shape index (κ1) is 26.2.